The largest absolute Gasteiger partial charge is 0.449 e. The number of nitrogens with zero attached hydrogens (tertiary/aromatic N) is 3. The molecule has 8 heteroatoms. The highest BCUT2D eigenvalue weighted by atomic mass is 19.3. The fourth-order valence-corrected chi connectivity index (χ4v) is 4.00. The minimum absolute atomic E-state index is 0.0862. The van der Waals surface area contributed by atoms with Crippen molar-refractivity contribution in [2.45, 2.75) is 39.7 Å². The first kappa shape index (κ1) is 22.9. The van der Waals surface area contributed by atoms with E-state index in [4.69, 9.17) is 9.72 Å². The Hall–Kier alpha value is -3.29. The minimum atomic E-state index is -2.63. The van der Waals surface area contributed by atoms with E-state index in [0.29, 0.717) is 36.6 Å². The summed E-state index contributed by atoms with van der Waals surface area (Å²) in [5.41, 5.74) is 1.95. The van der Waals surface area contributed by atoms with Gasteiger partial charge in [0.05, 0.1) is 18.2 Å². The predicted octanol–water partition coefficient (Wildman–Crippen LogP) is 5.50. The molecule has 0 saturated carbocycles. The lowest BCUT2D eigenvalue weighted by molar-refractivity contribution is 0.130. The second-order valence-corrected chi connectivity index (χ2v) is 8.85. The van der Waals surface area contributed by atoms with Crippen molar-refractivity contribution in [2.75, 3.05) is 24.6 Å². The summed E-state index contributed by atoms with van der Waals surface area (Å²) in [6.45, 7) is 7.52. The molecule has 2 heterocycles. The van der Waals surface area contributed by atoms with E-state index in [1.807, 2.05) is 39.0 Å². The average Bonchev–Trinajstić information content (AvgIpc) is 3.24. The third-order valence-electron chi connectivity index (χ3n) is 5.63. The van der Waals surface area contributed by atoms with Crippen LogP contribution in [0.25, 0.3) is 22.3 Å². The zero-order valence-corrected chi connectivity index (χ0v) is 19.0. The van der Waals surface area contributed by atoms with Gasteiger partial charge >= 0.3 is 6.09 Å². The number of rotatable bonds is 6. The molecule has 0 spiro atoms. The first-order valence-electron chi connectivity index (χ1n) is 11.2. The van der Waals surface area contributed by atoms with E-state index in [1.165, 1.54) is 6.07 Å². The van der Waals surface area contributed by atoms with Gasteiger partial charge < -0.3 is 15.0 Å². The van der Waals surface area contributed by atoms with E-state index in [2.05, 4.69) is 15.2 Å². The number of fused-ring (bicyclic) bond motifs is 1. The lowest BCUT2D eigenvalue weighted by Crippen LogP contribution is -2.38. The van der Waals surface area contributed by atoms with Gasteiger partial charge in [0.1, 0.15) is 5.82 Å². The highest BCUT2D eigenvalue weighted by molar-refractivity contribution is 5.92. The molecule has 1 amide bonds. The lowest BCUT2D eigenvalue weighted by atomic mass is 10.1. The first-order chi connectivity index (χ1) is 15.8. The van der Waals surface area contributed by atoms with E-state index in [-0.39, 0.29) is 23.3 Å². The second kappa shape index (κ2) is 9.68. The number of carbonyl (C=O) groups is 1. The highest BCUT2D eigenvalue weighted by Crippen LogP contribution is 2.34. The number of anilines is 1. The van der Waals surface area contributed by atoms with Crippen LogP contribution in [-0.2, 0) is 4.74 Å². The summed E-state index contributed by atoms with van der Waals surface area (Å²) in [5, 5.41) is 3.77. The Morgan fingerprint density at radius 3 is 2.76 bits per heavy atom. The van der Waals surface area contributed by atoms with Gasteiger partial charge in [-0.25, -0.2) is 23.5 Å². The Labute approximate surface area is 192 Å². The zero-order chi connectivity index (χ0) is 23.5. The van der Waals surface area contributed by atoms with Crippen molar-refractivity contribution in [2.24, 2.45) is 5.92 Å². The van der Waals surface area contributed by atoms with Gasteiger partial charge in [-0.15, -0.1) is 0 Å². The molecule has 2 aromatic carbocycles. The van der Waals surface area contributed by atoms with Crippen LogP contribution < -0.4 is 10.2 Å². The van der Waals surface area contributed by atoms with Gasteiger partial charge in [0.2, 0.25) is 0 Å². The van der Waals surface area contributed by atoms with Crippen molar-refractivity contribution in [3.63, 3.8) is 0 Å². The number of alkyl carbamates (subject to hydrolysis) is 1. The zero-order valence-electron chi connectivity index (χ0n) is 19.0. The summed E-state index contributed by atoms with van der Waals surface area (Å²) in [7, 11) is 0. The van der Waals surface area contributed by atoms with Crippen LogP contribution in [0.5, 0.6) is 0 Å². The van der Waals surface area contributed by atoms with Crippen LogP contribution >= 0.6 is 0 Å². The van der Waals surface area contributed by atoms with E-state index in [1.54, 1.807) is 18.2 Å². The quantitative estimate of drug-likeness (QED) is 0.532. The van der Waals surface area contributed by atoms with Crippen molar-refractivity contribution < 1.29 is 18.3 Å². The van der Waals surface area contributed by atoms with Gasteiger partial charge in [-0.2, -0.15) is 0 Å². The molecule has 174 valence electrons. The Bertz CT molecular complexity index is 1150. The minimum Gasteiger partial charge on any atom is -0.449 e. The molecule has 6 nitrogen and oxygen atoms in total. The molecule has 4 rings (SSSR count). The number of aromatic nitrogens is 2. The molecule has 1 saturated heterocycles. The molecule has 1 N–H and O–H groups in total. The highest BCUT2D eigenvalue weighted by Gasteiger charge is 2.28. The van der Waals surface area contributed by atoms with Gasteiger partial charge in [0.25, 0.3) is 6.43 Å². The molecule has 33 heavy (non-hydrogen) atoms. The van der Waals surface area contributed by atoms with Crippen molar-refractivity contribution in [3.05, 3.63) is 53.6 Å². The maximum absolute atomic E-state index is 13.7. The number of amides is 1. The van der Waals surface area contributed by atoms with E-state index in [0.717, 1.165) is 17.4 Å². The number of hydrogen-bond acceptors (Lipinski definition) is 5. The van der Waals surface area contributed by atoms with Gasteiger partial charge in [0.15, 0.2) is 5.82 Å². The van der Waals surface area contributed by atoms with Gasteiger partial charge in [-0.3, -0.25) is 0 Å². The lowest BCUT2D eigenvalue weighted by Gasteiger charge is -2.21. The molecule has 3 aromatic rings. The number of carbonyl (C=O) groups excluding carboxylic acids is 1. The molecule has 0 unspecified atom stereocenters. The van der Waals surface area contributed by atoms with E-state index in [9.17, 15) is 13.6 Å². The summed E-state index contributed by atoms with van der Waals surface area (Å²) in [5.74, 6) is 1.21. The third-order valence-corrected chi connectivity index (χ3v) is 5.63. The third kappa shape index (κ3) is 5.21. The fraction of sp³-hybridized carbons (Fsp3) is 0.400. The molecule has 1 atom stereocenters. The molecular formula is C25H28F2N4O2. The SMILES string of the molecule is Cc1ccc2c(N3CC[C@@H](NC(=O)OCC(C)C)C3)nc(-c3ccccc3C(F)F)nc2c1. The number of alkyl halides is 2. The topological polar surface area (TPSA) is 67.4 Å². The van der Waals surface area contributed by atoms with Crippen LogP contribution in [0, 0.1) is 12.8 Å². The summed E-state index contributed by atoms with van der Waals surface area (Å²) in [4.78, 5) is 23.5. The number of benzene rings is 2. The summed E-state index contributed by atoms with van der Waals surface area (Å²) in [6.07, 6.45) is -2.32. The van der Waals surface area contributed by atoms with Crippen molar-refractivity contribution in [1.82, 2.24) is 15.3 Å². The standard InChI is InChI=1S/C25H28F2N4O2/c1-15(2)14-33-25(32)28-17-10-11-31(13-17)24-20-9-8-16(3)12-21(20)29-23(30-24)19-7-5-4-6-18(19)22(26)27/h4-9,12,15,17,22H,10-11,13-14H2,1-3H3,(H,28,32)/t17-/m1/s1. The number of hydrogen-bond donors (Lipinski definition) is 1. The van der Waals surface area contributed by atoms with Crippen LogP contribution in [0.1, 0.15) is 37.8 Å². The van der Waals surface area contributed by atoms with Crippen LogP contribution in [0.4, 0.5) is 19.4 Å². The second-order valence-electron chi connectivity index (χ2n) is 8.85. The van der Waals surface area contributed by atoms with Crippen LogP contribution in [0.15, 0.2) is 42.5 Å². The maximum atomic E-state index is 13.7. The van der Waals surface area contributed by atoms with E-state index < -0.39 is 12.5 Å². The Balaban J connectivity index is 1.66. The molecule has 0 bridgehead atoms. The molecule has 1 aliphatic heterocycles. The number of aryl methyl sites for hydroxylation is 1. The molecule has 1 fully saturated rings. The van der Waals surface area contributed by atoms with Crippen LogP contribution in [0.3, 0.4) is 0 Å². The van der Waals surface area contributed by atoms with Crippen molar-refractivity contribution in [1.29, 1.82) is 0 Å². The number of ether oxygens (including phenoxy) is 1. The fourth-order valence-electron chi connectivity index (χ4n) is 4.00. The average molecular weight is 455 g/mol. The summed E-state index contributed by atoms with van der Waals surface area (Å²) < 4.78 is 32.6. The van der Waals surface area contributed by atoms with Crippen molar-refractivity contribution in [3.8, 4) is 11.4 Å². The first-order valence-corrected chi connectivity index (χ1v) is 11.2. The molecule has 1 aliphatic rings. The van der Waals surface area contributed by atoms with Gasteiger partial charge in [-0.05, 0) is 37.0 Å². The Morgan fingerprint density at radius 2 is 2.00 bits per heavy atom. The smallest absolute Gasteiger partial charge is 0.407 e. The number of nitrogens with one attached hydrogen (secondary N) is 1. The monoisotopic (exact) mass is 454 g/mol. The summed E-state index contributed by atoms with van der Waals surface area (Å²) >= 11 is 0. The van der Waals surface area contributed by atoms with Gasteiger partial charge in [-0.1, -0.05) is 44.2 Å². The van der Waals surface area contributed by atoms with Crippen molar-refractivity contribution >= 4 is 22.8 Å². The van der Waals surface area contributed by atoms with Crippen LogP contribution in [0.2, 0.25) is 0 Å². The summed E-state index contributed by atoms with van der Waals surface area (Å²) in [6, 6.07) is 12.1. The molecule has 0 radical (unpaired) electrons. The van der Waals surface area contributed by atoms with Crippen LogP contribution in [-0.4, -0.2) is 41.8 Å². The van der Waals surface area contributed by atoms with E-state index >= 15 is 0 Å². The number of halogens is 2. The normalized spacial score (nSPS) is 16.1. The Kier molecular flexibility index (Phi) is 6.72. The molecular weight excluding hydrogens is 426 g/mol. The maximum Gasteiger partial charge on any atom is 0.407 e. The Morgan fingerprint density at radius 1 is 1.21 bits per heavy atom. The molecule has 0 aliphatic carbocycles. The molecule has 1 aromatic heterocycles. The van der Waals surface area contributed by atoms with Gasteiger partial charge in [0, 0.05) is 29.6 Å². The predicted molar refractivity (Wildman–Crippen MR) is 125 cm³/mol.